The van der Waals surface area contributed by atoms with Crippen LogP contribution >= 0.6 is 0 Å². The van der Waals surface area contributed by atoms with Crippen molar-refractivity contribution in [2.24, 2.45) is 0 Å². The molecule has 100 valence electrons. The molecule has 0 unspecified atom stereocenters. The lowest BCUT2D eigenvalue weighted by molar-refractivity contribution is -0.128. The highest BCUT2D eigenvalue weighted by Gasteiger charge is 2.03. The van der Waals surface area contributed by atoms with Gasteiger partial charge in [-0.2, -0.15) is 0 Å². The summed E-state index contributed by atoms with van der Waals surface area (Å²) in [6, 6.07) is 7.78. The normalized spacial score (nSPS) is 10.6. The molecule has 0 radical (unpaired) electrons. The molecule has 0 saturated carbocycles. The second-order valence-corrected chi connectivity index (χ2v) is 4.56. The predicted molar refractivity (Wildman–Crippen MR) is 74.6 cm³/mol. The van der Waals surface area contributed by atoms with Gasteiger partial charge in [-0.3, -0.25) is 9.78 Å². The summed E-state index contributed by atoms with van der Waals surface area (Å²) < 4.78 is 0. The summed E-state index contributed by atoms with van der Waals surface area (Å²) in [5.74, 6) is 0.122. The number of hydrogen-bond acceptors (Lipinski definition) is 4. The Morgan fingerprint density at radius 2 is 2.00 bits per heavy atom. The van der Waals surface area contributed by atoms with Crippen molar-refractivity contribution < 1.29 is 4.79 Å². The smallest absolute Gasteiger partial charge is 0.223 e. The topological polar surface area (TPSA) is 58.1 Å². The van der Waals surface area contributed by atoms with Crippen LogP contribution in [0.2, 0.25) is 0 Å². The van der Waals surface area contributed by atoms with Gasteiger partial charge in [0.1, 0.15) is 0 Å². The molecule has 19 heavy (non-hydrogen) atoms. The molecule has 0 saturated heterocycles. The maximum Gasteiger partial charge on any atom is 0.223 e. The zero-order valence-corrected chi connectivity index (χ0v) is 11.3. The first-order chi connectivity index (χ1) is 9.16. The van der Waals surface area contributed by atoms with Gasteiger partial charge in [-0.25, -0.2) is 4.98 Å². The number of aromatic nitrogens is 2. The van der Waals surface area contributed by atoms with Gasteiger partial charge in [0.15, 0.2) is 0 Å². The molecule has 0 spiro atoms. The van der Waals surface area contributed by atoms with E-state index in [2.05, 4.69) is 15.3 Å². The van der Waals surface area contributed by atoms with Gasteiger partial charge < -0.3 is 10.2 Å². The van der Waals surface area contributed by atoms with Crippen molar-refractivity contribution in [3.8, 4) is 0 Å². The Hall–Kier alpha value is -2.01. The van der Waals surface area contributed by atoms with Gasteiger partial charge in [0, 0.05) is 33.6 Å². The molecule has 1 heterocycles. The van der Waals surface area contributed by atoms with Crippen LogP contribution in [-0.2, 0) is 11.3 Å². The molecule has 0 aliphatic carbocycles. The van der Waals surface area contributed by atoms with Crippen LogP contribution in [0.4, 0.5) is 0 Å². The van der Waals surface area contributed by atoms with Crippen molar-refractivity contribution >= 4 is 16.9 Å². The number of rotatable bonds is 5. The van der Waals surface area contributed by atoms with Crippen LogP contribution in [0.15, 0.2) is 30.5 Å². The summed E-state index contributed by atoms with van der Waals surface area (Å²) in [5, 5.41) is 3.20. The Labute approximate surface area is 112 Å². The van der Waals surface area contributed by atoms with E-state index >= 15 is 0 Å². The average Bonchev–Trinajstić information content (AvgIpc) is 2.43. The Kier molecular flexibility index (Phi) is 4.41. The van der Waals surface area contributed by atoms with Gasteiger partial charge in [0.2, 0.25) is 5.91 Å². The lowest BCUT2D eigenvalue weighted by atomic mass is 10.3. The van der Waals surface area contributed by atoms with E-state index in [0.717, 1.165) is 16.7 Å². The number of amides is 1. The first-order valence-corrected chi connectivity index (χ1v) is 6.28. The Balaban J connectivity index is 1.86. The number of benzene rings is 1. The zero-order valence-electron chi connectivity index (χ0n) is 11.3. The third-order valence-electron chi connectivity index (χ3n) is 2.82. The highest BCUT2D eigenvalue weighted by Crippen LogP contribution is 2.08. The Morgan fingerprint density at radius 1 is 1.26 bits per heavy atom. The number of nitrogens with zero attached hydrogens (tertiary/aromatic N) is 3. The molecule has 0 bridgehead atoms. The van der Waals surface area contributed by atoms with E-state index in [0.29, 0.717) is 19.5 Å². The molecule has 2 rings (SSSR count). The first kappa shape index (κ1) is 13.4. The third-order valence-corrected chi connectivity index (χ3v) is 2.82. The van der Waals surface area contributed by atoms with Crippen LogP contribution < -0.4 is 5.32 Å². The second kappa shape index (κ2) is 6.24. The maximum absolute atomic E-state index is 11.4. The van der Waals surface area contributed by atoms with E-state index in [9.17, 15) is 4.79 Å². The van der Waals surface area contributed by atoms with Crippen LogP contribution in [0, 0.1) is 0 Å². The number of fused-ring (bicyclic) bond motifs is 1. The van der Waals surface area contributed by atoms with E-state index in [4.69, 9.17) is 0 Å². The fourth-order valence-electron chi connectivity index (χ4n) is 1.72. The van der Waals surface area contributed by atoms with Crippen molar-refractivity contribution in [3.63, 3.8) is 0 Å². The molecular formula is C14H18N4O. The minimum Gasteiger partial charge on any atom is -0.349 e. The molecule has 1 amide bonds. The van der Waals surface area contributed by atoms with Gasteiger partial charge in [-0.1, -0.05) is 12.1 Å². The van der Waals surface area contributed by atoms with Crippen LogP contribution in [0.5, 0.6) is 0 Å². The molecule has 1 aromatic heterocycles. The van der Waals surface area contributed by atoms with E-state index in [1.165, 1.54) is 0 Å². The number of carbonyl (C=O) groups is 1. The SMILES string of the molecule is CN(C)C(=O)CCNCc1cnc2ccccc2n1. The fraction of sp³-hybridized carbons (Fsp3) is 0.357. The molecule has 0 atom stereocenters. The molecule has 5 heteroatoms. The van der Waals surface area contributed by atoms with Gasteiger partial charge in [0.05, 0.1) is 22.9 Å². The van der Waals surface area contributed by atoms with Crippen molar-refractivity contribution in [2.75, 3.05) is 20.6 Å². The first-order valence-electron chi connectivity index (χ1n) is 6.28. The quantitative estimate of drug-likeness (QED) is 0.819. The summed E-state index contributed by atoms with van der Waals surface area (Å²) >= 11 is 0. The van der Waals surface area contributed by atoms with Crippen molar-refractivity contribution in [3.05, 3.63) is 36.2 Å². The van der Waals surface area contributed by atoms with Gasteiger partial charge in [0.25, 0.3) is 0 Å². The van der Waals surface area contributed by atoms with Gasteiger partial charge in [-0.05, 0) is 12.1 Å². The Morgan fingerprint density at radius 3 is 2.74 bits per heavy atom. The van der Waals surface area contributed by atoms with E-state index in [1.54, 1.807) is 25.2 Å². The minimum atomic E-state index is 0.122. The standard InChI is InChI=1S/C14H18N4O/c1-18(2)14(19)7-8-15-9-11-10-16-12-5-3-4-6-13(12)17-11/h3-6,10,15H,7-9H2,1-2H3. The Bertz CT molecular complexity index is 568. The van der Waals surface area contributed by atoms with Crippen molar-refractivity contribution in [1.82, 2.24) is 20.2 Å². The summed E-state index contributed by atoms with van der Waals surface area (Å²) in [4.78, 5) is 21.8. The molecule has 0 fully saturated rings. The molecule has 2 aromatic rings. The minimum absolute atomic E-state index is 0.122. The van der Waals surface area contributed by atoms with Crippen molar-refractivity contribution in [2.45, 2.75) is 13.0 Å². The van der Waals surface area contributed by atoms with Crippen LogP contribution in [0.1, 0.15) is 12.1 Å². The highest BCUT2D eigenvalue weighted by atomic mass is 16.2. The molecule has 0 aliphatic heterocycles. The number of carbonyl (C=O) groups excluding carboxylic acids is 1. The largest absolute Gasteiger partial charge is 0.349 e. The van der Waals surface area contributed by atoms with Crippen LogP contribution in [0.25, 0.3) is 11.0 Å². The third kappa shape index (κ3) is 3.72. The number of hydrogen-bond donors (Lipinski definition) is 1. The van der Waals surface area contributed by atoms with Crippen molar-refractivity contribution in [1.29, 1.82) is 0 Å². The summed E-state index contributed by atoms with van der Waals surface area (Å²) in [5.41, 5.74) is 2.68. The monoisotopic (exact) mass is 258 g/mol. The summed E-state index contributed by atoms with van der Waals surface area (Å²) in [7, 11) is 3.52. The predicted octanol–water partition coefficient (Wildman–Crippen LogP) is 1.20. The average molecular weight is 258 g/mol. The fourth-order valence-corrected chi connectivity index (χ4v) is 1.72. The van der Waals surface area contributed by atoms with Crippen LogP contribution in [0.3, 0.4) is 0 Å². The summed E-state index contributed by atoms with van der Waals surface area (Å²) in [6.45, 7) is 1.27. The summed E-state index contributed by atoms with van der Waals surface area (Å²) in [6.07, 6.45) is 2.26. The lowest BCUT2D eigenvalue weighted by Gasteiger charge is -2.10. The molecule has 5 nitrogen and oxygen atoms in total. The van der Waals surface area contributed by atoms with Gasteiger partial charge in [-0.15, -0.1) is 0 Å². The van der Waals surface area contributed by atoms with Gasteiger partial charge >= 0.3 is 0 Å². The highest BCUT2D eigenvalue weighted by molar-refractivity contribution is 5.75. The number of para-hydroxylation sites is 2. The van der Waals surface area contributed by atoms with Crippen LogP contribution in [-0.4, -0.2) is 41.4 Å². The van der Waals surface area contributed by atoms with E-state index < -0.39 is 0 Å². The van der Waals surface area contributed by atoms with E-state index in [-0.39, 0.29) is 5.91 Å². The maximum atomic E-state index is 11.4. The molecule has 1 N–H and O–H groups in total. The molecular weight excluding hydrogens is 240 g/mol. The molecule has 0 aliphatic rings. The van der Waals surface area contributed by atoms with E-state index in [1.807, 2.05) is 24.3 Å². The second-order valence-electron chi connectivity index (χ2n) is 4.56. The zero-order chi connectivity index (χ0) is 13.7. The number of nitrogens with one attached hydrogen (secondary N) is 1. The molecule has 1 aromatic carbocycles. The lowest BCUT2D eigenvalue weighted by Crippen LogP contribution is -2.26.